The van der Waals surface area contributed by atoms with E-state index < -0.39 is 0 Å². The summed E-state index contributed by atoms with van der Waals surface area (Å²) in [5, 5.41) is 1.20. The first-order valence-corrected chi connectivity index (χ1v) is 9.95. The summed E-state index contributed by atoms with van der Waals surface area (Å²) in [7, 11) is 1.64. The first-order valence-electron chi connectivity index (χ1n) is 9.20. The molecule has 1 fully saturated rings. The van der Waals surface area contributed by atoms with Gasteiger partial charge >= 0.3 is 0 Å². The molecule has 0 N–H and O–H groups in total. The van der Waals surface area contributed by atoms with Crippen LogP contribution in [0.15, 0.2) is 36.4 Å². The summed E-state index contributed by atoms with van der Waals surface area (Å²) in [5.41, 5.74) is 2.00. The highest BCUT2D eigenvalue weighted by Crippen LogP contribution is 2.31. The van der Waals surface area contributed by atoms with E-state index in [1.54, 1.807) is 7.11 Å². The number of hydrogen-bond acceptors (Lipinski definition) is 4. The molecule has 1 aliphatic rings. The molecule has 0 radical (unpaired) electrons. The van der Waals surface area contributed by atoms with E-state index in [-0.39, 0.29) is 0 Å². The van der Waals surface area contributed by atoms with E-state index in [1.807, 2.05) is 30.3 Å². The van der Waals surface area contributed by atoms with Gasteiger partial charge in [0, 0.05) is 28.7 Å². The summed E-state index contributed by atoms with van der Waals surface area (Å²) >= 11 is 12.5. The fourth-order valence-corrected chi connectivity index (χ4v) is 3.65. The summed E-state index contributed by atoms with van der Waals surface area (Å²) in [4.78, 5) is 2.45. The minimum atomic E-state index is 0.298. The van der Waals surface area contributed by atoms with Crippen molar-refractivity contribution in [2.75, 3.05) is 40.0 Å². The summed E-state index contributed by atoms with van der Waals surface area (Å²) in [6, 6.07) is 11.5. The van der Waals surface area contributed by atoms with Crippen LogP contribution in [0.2, 0.25) is 10.0 Å². The summed E-state index contributed by atoms with van der Waals surface area (Å²) in [6.07, 6.45) is 2.09. The van der Waals surface area contributed by atoms with Gasteiger partial charge in [0.1, 0.15) is 6.61 Å². The molecule has 27 heavy (non-hydrogen) atoms. The van der Waals surface area contributed by atoms with Crippen molar-refractivity contribution in [3.8, 4) is 11.5 Å². The topological polar surface area (TPSA) is 30.9 Å². The fraction of sp³-hybridized carbons (Fsp3) is 0.429. The quantitative estimate of drug-likeness (QED) is 0.623. The largest absolute Gasteiger partial charge is 0.493 e. The third-order valence-corrected chi connectivity index (χ3v) is 5.41. The molecule has 1 saturated heterocycles. The lowest BCUT2D eigenvalue weighted by Gasteiger charge is -2.26. The van der Waals surface area contributed by atoms with Gasteiger partial charge in [0.25, 0.3) is 0 Å². The Bertz CT molecular complexity index is 728. The maximum absolute atomic E-state index is 6.23. The summed E-state index contributed by atoms with van der Waals surface area (Å²) < 4.78 is 16.8. The van der Waals surface area contributed by atoms with Crippen LogP contribution in [0.4, 0.5) is 0 Å². The zero-order valence-electron chi connectivity index (χ0n) is 15.5. The number of halogens is 2. The second-order valence-corrected chi connectivity index (χ2v) is 7.35. The van der Waals surface area contributed by atoms with Gasteiger partial charge < -0.3 is 14.2 Å². The van der Waals surface area contributed by atoms with E-state index in [2.05, 4.69) is 11.0 Å². The van der Waals surface area contributed by atoms with Crippen molar-refractivity contribution in [3.05, 3.63) is 57.6 Å². The maximum atomic E-state index is 6.23. The first-order chi connectivity index (χ1) is 13.2. The van der Waals surface area contributed by atoms with E-state index in [1.165, 1.54) is 5.56 Å². The Kier molecular flexibility index (Phi) is 7.65. The molecular formula is C21H25Cl2NO3. The van der Waals surface area contributed by atoms with Crippen molar-refractivity contribution in [2.45, 2.75) is 19.4 Å². The number of nitrogens with zero attached hydrogens (tertiary/aromatic N) is 1. The van der Waals surface area contributed by atoms with Gasteiger partial charge in [-0.25, -0.2) is 0 Å². The molecule has 0 aromatic heterocycles. The molecule has 0 atom stereocenters. The third kappa shape index (κ3) is 5.76. The Morgan fingerprint density at radius 3 is 2.48 bits per heavy atom. The van der Waals surface area contributed by atoms with Crippen molar-refractivity contribution >= 4 is 23.2 Å². The number of ether oxygens (including phenoxy) is 3. The van der Waals surface area contributed by atoms with Gasteiger partial charge in [0.15, 0.2) is 11.5 Å². The normalized spacial score (nSPS) is 14.9. The average molecular weight is 410 g/mol. The van der Waals surface area contributed by atoms with Crippen LogP contribution in [0.25, 0.3) is 0 Å². The summed E-state index contributed by atoms with van der Waals surface area (Å²) in [5.74, 6) is 1.41. The van der Waals surface area contributed by atoms with Gasteiger partial charge in [0.2, 0.25) is 0 Å². The fourth-order valence-electron chi connectivity index (χ4n) is 3.14. The van der Waals surface area contributed by atoms with Crippen LogP contribution in [0.1, 0.15) is 17.5 Å². The van der Waals surface area contributed by atoms with Crippen LogP contribution in [0.3, 0.4) is 0 Å². The molecular weight excluding hydrogens is 385 g/mol. The van der Waals surface area contributed by atoms with E-state index in [9.17, 15) is 0 Å². The molecule has 0 unspecified atom stereocenters. The minimum Gasteiger partial charge on any atom is -0.493 e. The van der Waals surface area contributed by atoms with Crippen LogP contribution in [-0.4, -0.2) is 44.9 Å². The first kappa shape index (κ1) is 20.3. The molecule has 3 rings (SSSR count). The molecule has 2 aromatic rings. The lowest BCUT2D eigenvalue weighted by molar-refractivity contribution is 0.0374. The van der Waals surface area contributed by atoms with Gasteiger partial charge in [-0.2, -0.15) is 0 Å². The molecule has 0 spiro atoms. The Labute approximate surface area is 170 Å². The number of benzene rings is 2. The van der Waals surface area contributed by atoms with Crippen molar-refractivity contribution in [2.24, 2.45) is 0 Å². The Morgan fingerprint density at radius 1 is 1.04 bits per heavy atom. The lowest BCUT2D eigenvalue weighted by Crippen LogP contribution is -2.36. The van der Waals surface area contributed by atoms with Gasteiger partial charge in [-0.15, -0.1) is 0 Å². The standard InChI is InChI=1S/C21H25Cl2NO3/c1-25-20-8-7-16(4-3-9-24-10-12-26-13-11-24)14-21(20)27-15-17-18(22)5-2-6-19(17)23/h2,5-8,14H,3-4,9-13,15H2,1H3. The zero-order chi connectivity index (χ0) is 19.1. The number of methoxy groups -OCH3 is 1. The van der Waals surface area contributed by atoms with Crippen molar-refractivity contribution < 1.29 is 14.2 Å². The van der Waals surface area contributed by atoms with E-state index >= 15 is 0 Å². The highest BCUT2D eigenvalue weighted by Gasteiger charge is 2.12. The smallest absolute Gasteiger partial charge is 0.161 e. The molecule has 6 heteroatoms. The molecule has 4 nitrogen and oxygen atoms in total. The van der Waals surface area contributed by atoms with E-state index in [4.69, 9.17) is 37.4 Å². The Hall–Kier alpha value is -1.46. The van der Waals surface area contributed by atoms with Crippen molar-refractivity contribution in [1.82, 2.24) is 4.90 Å². The summed E-state index contributed by atoms with van der Waals surface area (Å²) in [6.45, 7) is 5.11. The number of aryl methyl sites for hydroxylation is 1. The Balaban J connectivity index is 1.61. The molecule has 0 aliphatic carbocycles. The lowest BCUT2D eigenvalue weighted by atomic mass is 10.1. The van der Waals surface area contributed by atoms with Gasteiger partial charge in [0.05, 0.1) is 20.3 Å². The van der Waals surface area contributed by atoms with Crippen LogP contribution in [-0.2, 0) is 17.8 Å². The van der Waals surface area contributed by atoms with Crippen molar-refractivity contribution in [1.29, 1.82) is 0 Å². The molecule has 1 heterocycles. The second-order valence-electron chi connectivity index (χ2n) is 6.53. The second kappa shape index (κ2) is 10.2. The molecule has 0 saturated carbocycles. The highest BCUT2D eigenvalue weighted by atomic mass is 35.5. The predicted octanol–water partition coefficient (Wildman–Crippen LogP) is 4.85. The van der Waals surface area contributed by atoms with Crippen LogP contribution >= 0.6 is 23.2 Å². The molecule has 146 valence electrons. The highest BCUT2D eigenvalue weighted by molar-refractivity contribution is 6.35. The van der Waals surface area contributed by atoms with Gasteiger partial charge in [-0.05, 0) is 49.2 Å². The van der Waals surface area contributed by atoms with Gasteiger partial charge in [-0.3, -0.25) is 4.90 Å². The maximum Gasteiger partial charge on any atom is 0.161 e. The predicted molar refractivity (Wildman–Crippen MR) is 109 cm³/mol. The molecule has 0 bridgehead atoms. The SMILES string of the molecule is COc1ccc(CCCN2CCOCC2)cc1OCc1c(Cl)cccc1Cl. The zero-order valence-corrected chi connectivity index (χ0v) is 17.1. The van der Waals surface area contributed by atoms with Crippen LogP contribution in [0.5, 0.6) is 11.5 Å². The number of hydrogen-bond donors (Lipinski definition) is 0. The monoisotopic (exact) mass is 409 g/mol. The molecule has 1 aliphatic heterocycles. The van der Waals surface area contributed by atoms with E-state index in [0.717, 1.165) is 51.3 Å². The number of morpholine rings is 1. The average Bonchev–Trinajstić information content (AvgIpc) is 2.68. The van der Waals surface area contributed by atoms with Gasteiger partial charge in [-0.1, -0.05) is 35.3 Å². The third-order valence-electron chi connectivity index (χ3n) is 4.71. The molecule has 2 aromatic carbocycles. The Morgan fingerprint density at radius 2 is 1.78 bits per heavy atom. The van der Waals surface area contributed by atoms with Crippen LogP contribution < -0.4 is 9.47 Å². The van der Waals surface area contributed by atoms with Crippen molar-refractivity contribution in [3.63, 3.8) is 0 Å². The number of rotatable bonds is 8. The molecule has 0 amide bonds. The van der Waals surface area contributed by atoms with E-state index in [0.29, 0.717) is 28.2 Å². The minimum absolute atomic E-state index is 0.298. The van der Waals surface area contributed by atoms with Crippen LogP contribution in [0, 0.1) is 0 Å².